The van der Waals surface area contributed by atoms with Crippen LogP contribution in [0.15, 0.2) is 18.2 Å². The number of aryl methyl sites for hydroxylation is 2. The Morgan fingerprint density at radius 2 is 2.11 bits per heavy atom. The fraction of sp³-hybridized carbons (Fsp3) is 0.550. The topological polar surface area (TPSA) is 79.0 Å². The van der Waals surface area contributed by atoms with E-state index in [1.807, 2.05) is 26.0 Å². The number of nitrogens with one attached hydrogen (secondary N) is 1. The number of amides is 3. The van der Waals surface area contributed by atoms with Crippen LogP contribution in [0.5, 0.6) is 5.75 Å². The molecule has 2 saturated heterocycles. The highest BCUT2D eigenvalue weighted by molar-refractivity contribution is 5.95. The fourth-order valence-electron chi connectivity index (χ4n) is 3.70. The van der Waals surface area contributed by atoms with Crippen LogP contribution in [0, 0.1) is 6.92 Å². The van der Waals surface area contributed by atoms with Crippen LogP contribution < -0.4 is 10.1 Å². The predicted molar refractivity (Wildman–Crippen MR) is 100 cm³/mol. The molecule has 2 fully saturated rings. The Kier molecular flexibility index (Phi) is 5.98. The number of benzene rings is 1. The van der Waals surface area contributed by atoms with E-state index in [1.165, 1.54) is 5.56 Å². The first kappa shape index (κ1) is 19.2. The van der Waals surface area contributed by atoms with E-state index in [0.717, 1.165) is 24.2 Å². The average Bonchev–Trinajstić information content (AvgIpc) is 2.66. The van der Waals surface area contributed by atoms with Crippen molar-refractivity contribution >= 4 is 17.7 Å². The first-order valence-corrected chi connectivity index (χ1v) is 9.57. The van der Waals surface area contributed by atoms with Gasteiger partial charge in [-0.15, -0.1) is 0 Å². The van der Waals surface area contributed by atoms with Crippen LogP contribution in [0.1, 0.15) is 30.9 Å². The second kappa shape index (κ2) is 8.41. The molecule has 0 saturated carbocycles. The molecule has 0 radical (unpaired) electrons. The van der Waals surface area contributed by atoms with Gasteiger partial charge in [-0.3, -0.25) is 14.4 Å². The quantitative estimate of drug-likeness (QED) is 0.803. The Hall–Kier alpha value is -2.57. The zero-order chi connectivity index (χ0) is 19.4. The largest absolute Gasteiger partial charge is 0.494 e. The Morgan fingerprint density at radius 3 is 2.85 bits per heavy atom. The summed E-state index contributed by atoms with van der Waals surface area (Å²) >= 11 is 0. The van der Waals surface area contributed by atoms with Crippen molar-refractivity contribution < 1.29 is 19.1 Å². The maximum absolute atomic E-state index is 12.5. The molecule has 7 nitrogen and oxygen atoms in total. The Labute approximate surface area is 159 Å². The van der Waals surface area contributed by atoms with Crippen LogP contribution >= 0.6 is 0 Å². The number of carbonyl (C=O) groups is 3. The van der Waals surface area contributed by atoms with E-state index < -0.39 is 6.04 Å². The first-order valence-electron chi connectivity index (χ1n) is 9.57. The van der Waals surface area contributed by atoms with Gasteiger partial charge in [0.05, 0.1) is 19.7 Å². The molecular formula is C20H27N3O4. The van der Waals surface area contributed by atoms with Crippen LogP contribution in [0.4, 0.5) is 0 Å². The molecule has 1 unspecified atom stereocenters. The molecule has 0 aromatic heterocycles. The number of hydrogen-bond donors (Lipinski definition) is 1. The normalized spacial score (nSPS) is 19.6. The number of rotatable bonds is 6. The summed E-state index contributed by atoms with van der Waals surface area (Å²) in [4.78, 5) is 39.7. The van der Waals surface area contributed by atoms with Crippen LogP contribution in [0.25, 0.3) is 0 Å². The molecule has 1 aromatic carbocycles. The van der Waals surface area contributed by atoms with E-state index in [1.54, 1.807) is 9.80 Å². The second-order valence-corrected chi connectivity index (χ2v) is 7.05. The molecule has 1 N–H and O–H groups in total. The van der Waals surface area contributed by atoms with Crippen molar-refractivity contribution in [2.24, 2.45) is 0 Å². The minimum atomic E-state index is -0.544. The molecular weight excluding hydrogens is 346 g/mol. The van der Waals surface area contributed by atoms with Gasteiger partial charge in [-0.1, -0.05) is 12.1 Å². The number of piperazine rings is 2. The summed E-state index contributed by atoms with van der Waals surface area (Å²) in [6, 6.07) is 5.58. The van der Waals surface area contributed by atoms with Gasteiger partial charge in [-0.05, 0) is 43.9 Å². The lowest BCUT2D eigenvalue weighted by Gasteiger charge is -2.42. The predicted octanol–water partition coefficient (Wildman–Crippen LogP) is 0.886. The second-order valence-electron chi connectivity index (χ2n) is 7.05. The van der Waals surface area contributed by atoms with Crippen LogP contribution in [0.2, 0.25) is 0 Å². The summed E-state index contributed by atoms with van der Waals surface area (Å²) in [5.74, 6) is 0.702. The third-order valence-corrected chi connectivity index (χ3v) is 5.17. The Bertz CT molecular complexity index is 734. The molecule has 1 aromatic rings. The summed E-state index contributed by atoms with van der Waals surface area (Å²) in [7, 11) is 0. The van der Waals surface area contributed by atoms with Gasteiger partial charge >= 0.3 is 0 Å². The summed E-state index contributed by atoms with van der Waals surface area (Å²) in [6.07, 6.45) is 2.01. The minimum Gasteiger partial charge on any atom is -0.494 e. The van der Waals surface area contributed by atoms with E-state index in [-0.39, 0.29) is 24.3 Å². The van der Waals surface area contributed by atoms with Gasteiger partial charge in [-0.2, -0.15) is 0 Å². The number of ether oxygens (including phenoxy) is 1. The molecule has 0 aliphatic carbocycles. The number of carbonyl (C=O) groups excluding carboxylic acids is 3. The van der Waals surface area contributed by atoms with Crippen molar-refractivity contribution in [3.8, 4) is 5.75 Å². The van der Waals surface area contributed by atoms with Gasteiger partial charge in [0.1, 0.15) is 11.8 Å². The van der Waals surface area contributed by atoms with Crippen molar-refractivity contribution in [1.82, 2.24) is 15.1 Å². The summed E-state index contributed by atoms with van der Waals surface area (Å²) in [5.41, 5.74) is 2.29. The standard InChI is InChI=1S/C20H27N3O4/c1-3-27-17-8-7-15(11-14(17)2)5-4-6-18(24)22-9-10-23-16(13-22)20(26)21-12-19(23)25/h7-8,11,16H,3-6,9-10,12-13H2,1-2H3,(H,21,26). The van der Waals surface area contributed by atoms with Gasteiger partial charge in [0, 0.05) is 19.5 Å². The Morgan fingerprint density at radius 1 is 1.30 bits per heavy atom. The summed E-state index contributed by atoms with van der Waals surface area (Å²) in [5, 5.41) is 2.60. The molecule has 27 heavy (non-hydrogen) atoms. The number of nitrogens with zero attached hydrogens (tertiary/aromatic N) is 2. The number of hydrogen-bond acceptors (Lipinski definition) is 4. The molecule has 146 valence electrons. The van der Waals surface area contributed by atoms with Crippen molar-refractivity contribution in [3.05, 3.63) is 29.3 Å². The first-order chi connectivity index (χ1) is 13.0. The van der Waals surface area contributed by atoms with E-state index in [0.29, 0.717) is 32.7 Å². The van der Waals surface area contributed by atoms with Crippen molar-refractivity contribution in [2.45, 2.75) is 39.2 Å². The van der Waals surface area contributed by atoms with Crippen LogP contribution in [0.3, 0.4) is 0 Å². The lowest BCUT2D eigenvalue weighted by Crippen LogP contribution is -2.66. The lowest BCUT2D eigenvalue weighted by atomic mass is 10.0. The van der Waals surface area contributed by atoms with E-state index in [9.17, 15) is 14.4 Å². The van der Waals surface area contributed by atoms with Crippen molar-refractivity contribution in [2.75, 3.05) is 32.8 Å². The van der Waals surface area contributed by atoms with Crippen LogP contribution in [-0.2, 0) is 20.8 Å². The Balaban J connectivity index is 1.49. The molecule has 3 rings (SSSR count). The molecule has 2 aliphatic rings. The van der Waals surface area contributed by atoms with E-state index in [4.69, 9.17) is 4.74 Å². The summed E-state index contributed by atoms with van der Waals surface area (Å²) < 4.78 is 5.55. The van der Waals surface area contributed by atoms with E-state index >= 15 is 0 Å². The third kappa shape index (κ3) is 4.40. The third-order valence-electron chi connectivity index (χ3n) is 5.17. The maximum Gasteiger partial charge on any atom is 0.245 e. The molecule has 0 bridgehead atoms. The van der Waals surface area contributed by atoms with Gasteiger partial charge in [0.25, 0.3) is 0 Å². The smallest absolute Gasteiger partial charge is 0.245 e. The van der Waals surface area contributed by atoms with E-state index in [2.05, 4.69) is 11.4 Å². The van der Waals surface area contributed by atoms with Gasteiger partial charge < -0.3 is 19.9 Å². The molecule has 0 spiro atoms. The molecule has 7 heteroatoms. The highest BCUT2D eigenvalue weighted by Crippen LogP contribution is 2.21. The SMILES string of the molecule is CCOc1ccc(CCCC(=O)N2CCN3C(=O)CNC(=O)C3C2)cc1C. The van der Waals surface area contributed by atoms with Crippen LogP contribution in [-0.4, -0.2) is 66.3 Å². The monoisotopic (exact) mass is 373 g/mol. The molecule has 2 heterocycles. The zero-order valence-corrected chi connectivity index (χ0v) is 16.0. The van der Waals surface area contributed by atoms with Gasteiger partial charge in [0.2, 0.25) is 17.7 Å². The number of fused-ring (bicyclic) bond motifs is 1. The fourth-order valence-corrected chi connectivity index (χ4v) is 3.70. The minimum absolute atomic E-state index is 0.0446. The highest BCUT2D eigenvalue weighted by Gasteiger charge is 2.39. The molecule has 3 amide bonds. The molecule has 2 aliphatic heterocycles. The van der Waals surface area contributed by atoms with Gasteiger partial charge in [-0.25, -0.2) is 0 Å². The van der Waals surface area contributed by atoms with Crippen molar-refractivity contribution in [3.63, 3.8) is 0 Å². The van der Waals surface area contributed by atoms with Crippen molar-refractivity contribution in [1.29, 1.82) is 0 Å². The highest BCUT2D eigenvalue weighted by atomic mass is 16.5. The maximum atomic E-state index is 12.5. The molecule has 1 atom stereocenters. The zero-order valence-electron chi connectivity index (χ0n) is 16.0. The lowest BCUT2D eigenvalue weighted by molar-refractivity contribution is -0.152. The van der Waals surface area contributed by atoms with Gasteiger partial charge in [0.15, 0.2) is 0 Å². The summed E-state index contributed by atoms with van der Waals surface area (Å²) in [6.45, 7) is 5.91. The average molecular weight is 373 g/mol.